The summed E-state index contributed by atoms with van der Waals surface area (Å²) in [5, 5.41) is 6.34. The van der Waals surface area contributed by atoms with Crippen LogP contribution in [0.1, 0.15) is 24.0 Å². The monoisotopic (exact) mass is 246 g/mol. The highest BCUT2D eigenvalue weighted by atomic mass is 16.1. The second-order valence-electron chi connectivity index (χ2n) is 5.15. The van der Waals surface area contributed by atoms with Crippen LogP contribution in [0.4, 0.5) is 0 Å². The third-order valence-electron chi connectivity index (χ3n) is 3.51. The van der Waals surface area contributed by atoms with E-state index in [0.29, 0.717) is 12.3 Å². The van der Waals surface area contributed by atoms with Gasteiger partial charge in [0.2, 0.25) is 5.91 Å². The Hall–Kier alpha value is -1.35. The molecule has 0 bridgehead atoms. The van der Waals surface area contributed by atoms with E-state index in [1.54, 1.807) is 0 Å². The van der Waals surface area contributed by atoms with Crippen molar-refractivity contribution in [3.63, 3.8) is 0 Å². The summed E-state index contributed by atoms with van der Waals surface area (Å²) in [4.78, 5) is 11.7. The number of hydrogen-bond acceptors (Lipinski definition) is 2. The van der Waals surface area contributed by atoms with Gasteiger partial charge in [0.25, 0.3) is 0 Å². The fourth-order valence-electron chi connectivity index (χ4n) is 2.25. The molecule has 2 N–H and O–H groups in total. The average molecular weight is 246 g/mol. The van der Waals surface area contributed by atoms with E-state index in [9.17, 15) is 4.79 Å². The number of benzene rings is 1. The lowest BCUT2D eigenvalue weighted by Crippen LogP contribution is -2.30. The van der Waals surface area contributed by atoms with E-state index < -0.39 is 0 Å². The van der Waals surface area contributed by atoms with E-state index >= 15 is 0 Å². The predicted octanol–water partition coefficient (Wildman–Crippen LogP) is 1.65. The van der Waals surface area contributed by atoms with Crippen molar-refractivity contribution in [3.8, 4) is 0 Å². The molecule has 98 valence electrons. The molecule has 0 radical (unpaired) electrons. The molecule has 3 nitrogen and oxygen atoms in total. The lowest BCUT2D eigenvalue weighted by atomic mass is 10.1. The third-order valence-corrected chi connectivity index (χ3v) is 3.51. The minimum Gasteiger partial charge on any atom is -0.356 e. The van der Waals surface area contributed by atoms with Crippen LogP contribution in [0.3, 0.4) is 0 Å². The van der Waals surface area contributed by atoms with Crippen molar-refractivity contribution in [3.05, 3.63) is 35.4 Å². The molecule has 0 aromatic heterocycles. The highest BCUT2D eigenvalue weighted by Crippen LogP contribution is 2.07. The molecule has 1 aliphatic rings. The van der Waals surface area contributed by atoms with Crippen LogP contribution < -0.4 is 10.6 Å². The molecule has 1 unspecified atom stereocenters. The fraction of sp³-hybridized carbons (Fsp3) is 0.533. The van der Waals surface area contributed by atoms with E-state index in [1.165, 1.54) is 17.5 Å². The van der Waals surface area contributed by atoms with Crippen molar-refractivity contribution >= 4 is 5.91 Å². The summed E-state index contributed by atoms with van der Waals surface area (Å²) in [6.07, 6.45) is 2.59. The molecule has 1 atom stereocenters. The lowest BCUT2D eigenvalue weighted by Gasteiger charge is -2.10. The SMILES string of the molecule is Cc1ccc(CCC(=O)NCC2CCNC2)cc1. The largest absolute Gasteiger partial charge is 0.356 e. The zero-order chi connectivity index (χ0) is 12.8. The van der Waals surface area contributed by atoms with E-state index in [2.05, 4.69) is 41.8 Å². The van der Waals surface area contributed by atoms with Gasteiger partial charge in [0.05, 0.1) is 0 Å². The summed E-state index contributed by atoms with van der Waals surface area (Å²) in [5.74, 6) is 0.788. The third kappa shape index (κ3) is 4.15. The molecule has 1 heterocycles. The molecule has 1 aromatic rings. The van der Waals surface area contributed by atoms with Gasteiger partial charge in [-0.15, -0.1) is 0 Å². The number of nitrogens with one attached hydrogen (secondary N) is 2. The topological polar surface area (TPSA) is 41.1 Å². The lowest BCUT2D eigenvalue weighted by molar-refractivity contribution is -0.121. The van der Waals surface area contributed by atoms with Crippen molar-refractivity contribution in [2.75, 3.05) is 19.6 Å². The van der Waals surface area contributed by atoms with Gasteiger partial charge in [0.15, 0.2) is 0 Å². The van der Waals surface area contributed by atoms with Crippen molar-refractivity contribution in [2.45, 2.75) is 26.2 Å². The first kappa shape index (κ1) is 13.1. The number of hydrogen-bond donors (Lipinski definition) is 2. The Morgan fingerprint density at radius 1 is 1.39 bits per heavy atom. The molecule has 1 aromatic carbocycles. The zero-order valence-corrected chi connectivity index (χ0v) is 11.0. The maximum atomic E-state index is 11.7. The first-order valence-electron chi connectivity index (χ1n) is 6.77. The van der Waals surface area contributed by atoms with Crippen LogP contribution in [-0.4, -0.2) is 25.5 Å². The second kappa shape index (κ2) is 6.55. The highest BCUT2D eigenvalue weighted by molar-refractivity contribution is 5.76. The molecule has 0 saturated carbocycles. The van der Waals surface area contributed by atoms with Gasteiger partial charge in [-0.2, -0.15) is 0 Å². The Bertz CT molecular complexity index is 380. The van der Waals surface area contributed by atoms with Gasteiger partial charge in [-0.05, 0) is 44.3 Å². The molecular weight excluding hydrogens is 224 g/mol. The molecule has 1 fully saturated rings. The maximum absolute atomic E-state index is 11.7. The molecule has 18 heavy (non-hydrogen) atoms. The van der Waals surface area contributed by atoms with Gasteiger partial charge in [-0.1, -0.05) is 29.8 Å². The molecule has 3 heteroatoms. The van der Waals surface area contributed by atoms with Gasteiger partial charge in [-0.3, -0.25) is 4.79 Å². The van der Waals surface area contributed by atoms with Gasteiger partial charge >= 0.3 is 0 Å². The second-order valence-corrected chi connectivity index (χ2v) is 5.15. The zero-order valence-electron chi connectivity index (χ0n) is 11.0. The molecule has 2 rings (SSSR count). The smallest absolute Gasteiger partial charge is 0.220 e. The Balaban J connectivity index is 1.66. The first-order valence-corrected chi connectivity index (χ1v) is 6.77. The van der Waals surface area contributed by atoms with Crippen molar-refractivity contribution in [2.24, 2.45) is 5.92 Å². The molecule has 0 spiro atoms. The molecule has 0 aliphatic carbocycles. The van der Waals surface area contributed by atoms with Crippen LogP contribution in [0.5, 0.6) is 0 Å². The van der Waals surface area contributed by atoms with Gasteiger partial charge < -0.3 is 10.6 Å². The standard InChI is InChI=1S/C15H22N2O/c1-12-2-4-13(5-3-12)6-7-15(18)17-11-14-8-9-16-10-14/h2-5,14,16H,6-11H2,1H3,(H,17,18). The summed E-state index contributed by atoms with van der Waals surface area (Å²) >= 11 is 0. The summed E-state index contributed by atoms with van der Waals surface area (Å²) in [6, 6.07) is 8.39. The minimum absolute atomic E-state index is 0.169. The van der Waals surface area contributed by atoms with Crippen LogP contribution >= 0.6 is 0 Å². The number of aryl methyl sites for hydroxylation is 2. The summed E-state index contributed by atoms with van der Waals surface area (Å²) < 4.78 is 0. The Labute approximate surface area is 109 Å². The van der Waals surface area contributed by atoms with Gasteiger partial charge in [0, 0.05) is 13.0 Å². The normalized spacial score (nSPS) is 18.8. The van der Waals surface area contributed by atoms with Crippen LogP contribution in [0.25, 0.3) is 0 Å². The average Bonchev–Trinajstić information content (AvgIpc) is 2.89. The fourth-order valence-corrected chi connectivity index (χ4v) is 2.25. The maximum Gasteiger partial charge on any atom is 0.220 e. The van der Waals surface area contributed by atoms with Crippen molar-refractivity contribution < 1.29 is 4.79 Å². The van der Waals surface area contributed by atoms with Gasteiger partial charge in [0.1, 0.15) is 0 Å². The Kier molecular flexibility index (Phi) is 4.76. The van der Waals surface area contributed by atoms with Crippen LogP contribution in [0.2, 0.25) is 0 Å². The summed E-state index contributed by atoms with van der Waals surface area (Å²) in [6.45, 7) is 5.02. The highest BCUT2D eigenvalue weighted by Gasteiger charge is 2.14. The van der Waals surface area contributed by atoms with Gasteiger partial charge in [-0.25, -0.2) is 0 Å². The van der Waals surface area contributed by atoms with Crippen LogP contribution in [-0.2, 0) is 11.2 Å². The van der Waals surface area contributed by atoms with Crippen LogP contribution in [0, 0.1) is 12.8 Å². The molecule has 1 aliphatic heterocycles. The minimum atomic E-state index is 0.169. The van der Waals surface area contributed by atoms with E-state index in [0.717, 1.165) is 26.1 Å². The molecule has 1 amide bonds. The van der Waals surface area contributed by atoms with Crippen molar-refractivity contribution in [1.82, 2.24) is 10.6 Å². The summed E-state index contributed by atoms with van der Waals surface area (Å²) in [5.41, 5.74) is 2.50. The number of carbonyl (C=O) groups is 1. The number of carbonyl (C=O) groups excluding carboxylic acids is 1. The quantitative estimate of drug-likeness (QED) is 0.829. The Morgan fingerprint density at radius 3 is 2.83 bits per heavy atom. The van der Waals surface area contributed by atoms with Crippen molar-refractivity contribution in [1.29, 1.82) is 0 Å². The van der Waals surface area contributed by atoms with E-state index in [1.807, 2.05) is 0 Å². The van der Waals surface area contributed by atoms with E-state index in [4.69, 9.17) is 0 Å². The predicted molar refractivity (Wildman–Crippen MR) is 73.5 cm³/mol. The Morgan fingerprint density at radius 2 is 2.17 bits per heavy atom. The first-order chi connectivity index (χ1) is 8.74. The van der Waals surface area contributed by atoms with Crippen LogP contribution in [0.15, 0.2) is 24.3 Å². The molecular formula is C15H22N2O. The molecule has 1 saturated heterocycles. The number of rotatable bonds is 5. The van der Waals surface area contributed by atoms with E-state index in [-0.39, 0.29) is 5.91 Å². The number of amides is 1. The summed E-state index contributed by atoms with van der Waals surface area (Å²) in [7, 11) is 0.